The largest absolute Gasteiger partial charge is 0.491 e. The van der Waals surface area contributed by atoms with E-state index in [1.54, 1.807) is 23.5 Å². The number of halogens is 1. The molecule has 186 valence electrons. The van der Waals surface area contributed by atoms with Gasteiger partial charge in [-0.3, -0.25) is 9.69 Å². The predicted octanol–water partition coefficient (Wildman–Crippen LogP) is 4.71. The van der Waals surface area contributed by atoms with Gasteiger partial charge in [0.25, 0.3) is 0 Å². The Morgan fingerprint density at radius 2 is 1.91 bits per heavy atom. The van der Waals surface area contributed by atoms with Gasteiger partial charge in [0.05, 0.1) is 18.7 Å². The van der Waals surface area contributed by atoms with Gasteiger partial charge in [0.15, 0.2) is 0 Å². The number of carbonyl (C=O) groups excluding carboxylic acids is 1. The first-order chi connectivity index (χ1) is 16.9. The fourth-order valence-corrected chi connectivity index (χ4v) is 5.45. The minimum Gasteiger partial charge on any atom is -0.491 e. The number of hydrogen-bond donors (Lipinski definition) is 1. The van der Waals surface area contributed by atoms with E-state index in [9.17, 15) is 14.3 Å². The van der Waals surface area contributed by atoms with Crippen LogP contribution in [0.2, 0.25) is 0 Å². The van der Waals surface area contributed by atoms with Crippen LogP contribution < -0.4 is 4.74 Å². The summed E-state index contributed by atoms with van der Waals surface area (Å²) in [7, 11) is 0. The molecule has 4 rings (SSSR count). The number of amides is 1. The number of rotatable bonds is 10. The summed E-state index contributed by atoms with van der Waals surface area (Å²) in [6, 6.07) is 17.8. The molecule has 0 radical (unpaired) electrons. The molecule has 1 aliphatic rings. The van der Waals surface area contributed by atoms with Crippen LogP contribution in [0.5, 0.6) is 5.75 Å². The lowest BCUT2D eigenvalue weighted by molar-refractivity contribution is -0.137. The smallest absolute Gasteiger partial charge is 0.237 e. The molecule has 0 unspecified atom stereocenters. The minimum atomic E-state index is -0.560. The lowest BCUT2D eigenvalue weighted by Gasteiger charge is -2.38. The van der Waals surface area contributed by atoms with E-state index in [0.717, 1.165) is 17.5 Å². The normalized spacial score (nSPS) is 16.4. The van der Waals surface area contributed by atoms with E-state index < -0.39 is 6.10 Å². The van der Waals surface area contributed by atoms with E-state index in [4.69, 9.17) is 4.74 Å². The summed E-state index contributed by atoms with van der Waals surface area (Å²) in [5.41, 5.74) is 2.20. The molecule has 0 bridgehead atoms. The number of carbonyl (C=O) groups is 1. The second kappa shape index (κ2) is 11.8. The molecule has 1 aliphatic heterocycles. The highest BCUT2D eigenvalue weighted by molar-refractivity contribution is 7.10. The molecule has 0 aliphatic carbocycles. The van der Waals surface area contributed by atoms with Gasteiger partial charge < -0.3 is 14.7 Å². The molecule has 0 spiro atoms. The number of aliphatic hydroxyl groups is 1. The predicted molar refractivity (Wildman–Crippen MR) is 137 cm³/mol. The number of hydrogen-bond acceptors (Lipinski definition) is 5. The van der Waals surface area contributed by atoms with Crippen LogP contribution in [0.1, 0.15) is 35.9 Å². The zero-order valence-electron chi connectivity index (χ0n) is 20.3. The summed E-state index contributed by atoms with van der Waals surface area (Å²) in [4.78, 5) is 18.8. The maximum atomic E-state index is 13.6. The van der Waals surface area contributed by atoms with E-state index in [2.05, 4.69) is 11.4 Å². The fourth-order valence-electron chi connectivity index (χ4n) is 4.52. The third-order valence-electron chi connectivity index (χ3n) is 6.46. The van der Waals surface area contributed by atoms with Gasteiger partial charge in [0, 0.05) is 24.0 Å². The van der Waals surface area contributed by atoms with Crippen LogP contribution in [0.15, 0.2) is 66.0 Å². The highest BCUT2D eigenvalue weighted by Gasteiger charge is 2.33. The Hall–Kier alpha value is -2.74. The summed E-state index contributed by atoms with van der Waals surface area (Å²) >= 11 is 1.71. The number of aliphatic hydroxyl groups excluding tert-OH is 1. The quantitative estimate of drug-likeness (QED) is 0.442. The third kappa shape index (κ3) is 6.69. The average Bonchev–Trinajstić information content (AvgIpc) is 3.33. The Morgan fingerprint density at radius 1 is 1.17 bits per heavy atom. The van der Waals surface area contributed by atoms with Crippen molar-refractivity contribution in [3.63, 3.8) is 0 Å². The lowest BCUT2D eigenvalue weighted by atomic mass is 10.00. The summed E-state index contributed by atoms with van der Waals surface area (Å²) in [5, 5.41) is 12.8. The molecule has 0 fully saturated rings. The first-order valence-electron chi connectivity index (χ1n) is 12.1. The molecule has 2 atom stereocenters. The third-order valence-corrected chi connectivity index (χ3v) is 7.46. The molecule has 0 saturated carbocycles. The Kier molecular flexibility index (Phi) is 8.55. The summed E-state index contributed by atoms with van der Waals surface area (Å²) in [6.07, 6.45) is 0.813. The number of nitrogens with zero attached hydrogens (tertiary/aromatic N) is 2. The van der Waals surface area contributed by atoms with Gasteiger partial charge >= 0.3 is 0 Å². The van der Waals surface area contributed by atoms with Crippen LogP contribution >= 0.6 is 11.3 Å². The van der Waals surface area contributed by atoms with Crippen LogP contribution in [0.25, 0.3) is 0 Å². The molecule has 7 heteroatoms. The molecule has 1 amide bonds. The zero-order valence-corrected chi connectivity index (χ0v) is 21.1. The standard InChI is InChI=1S/C28H33FN2O3S/c1-20(2)30(17-23(32)16-21-6-4-3-5-7-21)18-28(33)31-14-12-27-25(13-15-35-27)26(31)19-34-24-10-8-22(29)9-11-24/h3-11,13,15,20,23,26,32H,12,14,16-19H2,1-2H3/t23-,26-/m0/s1. The molecule has 3 aromatic rings. The van der Waals surface area contributed by atoms with E-state index in [1.165, 1.54) is 17.0 Å². The fraction of sp³-hybridized carbons (Fsp3) is 0.393. The number of benzene rings is 2. The average molecular weight is 497 g/mol. The monoisotopic (exact) mass is 496 g/mol. The SMILES string of the molecule is CC(C)N(CC(=O)N1CCc2sccc2[C@@H]1COc1ccc(F)cc1)C[C@@H](O)Cc1ccccc1. The van der Waals surface area contributed by atoms with Crippen LogP contribution in [-0.4, -0.2) is 59.2 Å². The Labute approximate surface area is 210 Å². The maximum absolute atomic E-state index is 13.6. The highest BCUT2D eigenvalue weighted by atomic mass is 32.1. The molecule has 35 heavy (non-hydrogen) atoms. The van der Waals surface area contributed by atoms with Gasteiger partial charge in [-0.1, -0.05) is 30.3 Å². The maximum Gasteiger partial charge on any atom is 0.237 e. The van der Waals surface area contributed by atoms with E-state index in [-0.39, 0.29) is 30.4 Å². The van der Waals surface area contributed by atoms with Crippen molar-refractivity contribution in [1.82, 2.24) is 9.80 Å². The number of fused-ring (bicyclic) bond motifs is 1. The van der Waals surface area contributed by atoms with Crippen LogP contribution in [0, 0.1) is 5.82 Å². The van der Waals surface area contributed by atoms with Gasteiger partial charge in [0.2, 0.25) is 5.91 Å². The van der Waals surface area contributed by atoms with E-state index >= 15 is 0 Å². The van der Waals surface area contributed by atoms with Crippen LogP contribution in [0.3, 0.4) is 0 Å². The van der Waals surface area contributed by atoms with Crippen molar-refractivity contribution in [2.24, 2.45) is 0 Å². The first kappa shape index (κ1) is 25.4. The van der Waals surface area contributed by atoms with Crippen molar-refractivity contribution in [3.05, 3.63) is 87.9 Å². The molecule has 1 N–H and O–H groups in total. The van der Waals surface area contributed by atoms with Crippen molar-refractivity contribution in [3.8, 4) is 5.75 Å². The summed E-state index contributed by atoms with van der Waals surface area (Å²) < 4.78 is 19.3. The molecule has 0 saturated heterocycles. The second-order valence-corrected chi connectivity index (χ2v) is 10.3. The second-order valence-electron chi connectivity index (χ2n) is 9.28. The lowest BCUT2D eigenvalue weighted by Crippen LogP contribution is -2.49. The van der Waals surface area contributed by atoms with E-state index in [1.807, 2.05) is 54.0 Å². The van der Waals surface area contributed by atoms with Crippen molar-refractivity contribution >= 4 is 17.2 Å². The van der Waals surface area contributed by atoms with Gasteiger partial charge in [-0.2, -0.15) is 0 Å². The van der Waals surface area contributed by atoms with Crippen molar-refractivity contribution in [2.45, 2.75) is 44.9 Å². The molecule has 5 nitrogen and oxygen atoms in total. The Morgan fingerprint density at radius 3 is 2.63 bits per heavy atom. The van der Waals surface area contributed by atoms with Gasteiger partial charge in [-0.15, -0.1) is 11.3 Å². The molecular weight excluding hydrogens is 463 g/mol. The number of ether oxygens (including phenoxy) is 1. The van der Waals surface area contributed by atoms with E-state index in [0.29, 0.717) is 31.9 Å². The van der Waals surface area contributed by atoms with Crippen LogP contribution in [0.4, 0.5) is 4.39 Å². The summed E-state index contributed by atoms with van der Waals surface area (Å²) in [5.74, 6) is 0.291. The zero-order chi connectivity index (χ0) is 24.8. The van der Waals surface area contributed by atoms with Gasteiger partial charge in [0.1, 0.15) is 18.2 Å². The van der Waals surface area contributed by atoms with Gasteiger partial charge in [-0.05, 0) is 73.5 Å². The molecule has 2 aromatic carbocycles. The summed E-state index contributed by atoms with van der Waals surface area (Å²) in [6.45, 7) is 5.68. The van der Waals surface area contributed by atoms with Crippen molar-refractivity contribution < 1.29 is 19.0 Å². The molecular formula is C28H33FN2O3S. The first-order valence-corrected chi connectivity index (χ1v) is 13.0. The van der Waals surface area contributed by atoms with Gasteiger partial charge in [-0.25, -0.2) is 4.39 Å². The van der Waals surface area contributed by atoms with Crippen molar-refractivity contribution in [1.29, 1.82) is 0 Å². The Balaban J connectivity index is 1.43. The van der Waals surface area contributed by atoms with Crippen LogP contribution in [-0.2, 0) is 17.6 Å². The van der Waals surface area contributed by atoms with Crippen molar-refractivity contribution in [2.75, 3.05) is 26.2 Å². The molecule has 2 heterocycles. The highest BCUT2D eigenvalue weighted by Crippen LogP contribution is 2.34. The topological polar surface area (TPSA) is 53.0 Å². The number of thiophene rings is 1. The Bertz CT molecular complexity index is 1090. The minimum absolute atomic E-state index is 0.0233. The molecule has 1 aromatic heterocycles.